The molecule has 0 aromatic heterocycles. The van der Waals surface area contributed by atoms with Gasteiger partial charge in [-0.3, -0.25) is 52.7 Å². The number of likely N-dealkylation sites (tertiary alicyclic amines) is 1. The van der Waals surface area contributed by atoms with Crippen LogP contribution in [0.25, 0.3) is 0 Å². The number of carbonyl (C=O) groups excluding carboxylic acids is 10. The molecule has 0 radical (unpaired) electrons. The Morgan fingerprint density at radius 3 is 1.39 bits per heavy atom. The van der Waals surface area contributed by atoms with Crippen LogP contribution in [0.4, 0.5) is 0 Å². The number of carboxylic acids is 2. The van der Waals surface area contributed by atoms with Gasteiger partial charge >= 0.3 is 11.9 Å². The lowest BCUT2D eigenvalue weighted by molar-refractivity contribution is -0.144. The molecular formula is C65H84N12O16. The van der Waals surface area contributed by atoms with Crippen molar-refractivity contribution in [3.63, 3.8) is 0 Å². The zero-order valence-corrected chi connectivity index (χ0v) is 51.8. The van der Waals surface area contributed by atoms with E-state index in [-0.39, 0.29) is 81.4 Å². The molecule has 1 aliphatic carbocycles. The summed E-state index contributed by atoms with van der Waals surface area (Å²) in [5.74, 6) is -12.6. The summed E-state index contributed by atoms with van der Waals surface area (Å²) in [7, 11) is 0. The molecule has 28 heteroatoms. The van der Waals surface area contributed by atoms with Crippen LogP contribution in [0, 0.1) is 11.8 Å². The molecule has 0 spiro atoms. The van der Waals surface area contributed by atoms with Crippen molar-refractivity contribution in [3.8, 4) is 11.5 Å². The van der Waals surface area contributed by atoms with Crippen LogP contribution in [0.2, 0.25) is 0 Å². The number of nitrogens with one attached hydrogen (secondary N) is 8. The van der Waals surface area contributed by atoms with Gasteiger partial charge in [0, 0.05) is 32.2 Å². The maximum Gasteiger partial charge on any atom is 0.326 e. The monoisotopic (exact) mass is 1290 g/mol. The average Bonchev–Trinajstić information content (AvgIpc) is 1.88. The summed E-state index contributed by atoms with van der Waals surface area (Å²) < 4.78 is 0. The highest BCUT2D eigenvalue weighted by Crippen LogP contribution is 2.34. The minimum atomic E-state index is -1.98. The molecular weight excluding hydrogens is 1200 g/mol. The van der Waals surface area contributed by atoms with E-state index in [0.29, 0.717) is 35.1 Å². The van der Waals surface area contributed by atoms with Crippen LogP contribution in [0.15, 0.2) is 109 Å². The summed E-state index contributed by atoms with van der Waals surface area (Å²) in [5.41, 5.74) is 19.3. The Bertz CT molecular complexity index is 3260. The average molecular weight is 1290 g/mol. The first-order valence-electron chi connectivity index (χ1n) is 30.8. The molecule has 4 aromatic rings. The van der Waals surface area contributed by atoms with Crippen LogP contribution in [0.3, 0.4) is 0 Å². The second-order valence-corrected chi connectivity index (χ2v) is 23.8. The highest BCUT2D eigenvalue weighted by Gasteiger charge is 2.42. The number of phenols is 2. The summed E-state index contributed by atoms with van der Waals surface area (Å²) in [5, 5.41) is 60.1. The summed E-state index contributed by atoms with van der Waals surface area (Å²) in [6.07, 6.45) is -0.245. The fraction of sp³-hybridized carbons (Fsp3) is 0.446. The van der Waals surface area contributed by atoms with Crippen molar-refractivity contribution in [2.24, 2.45) is 29.0 Å². The molecule has 2 aliphatic rings. The molecule has 4 aromatic carbocycles. The third-order valence-corrected chi connectivity index (χ3v) is 16.0. The lowest BCUT2D eigenvalue weighted by atomic mass is 10.0. The van der Waals surface area contributed by atoms with Crippen molar-refractivity contribution in [1.29, 1.82) is 0 Å². The Morgan fingerprint density at radius 1 is 0.495 bits per heavy atom. The zero-order chi connectivity index (χ0) is 67.9. The fourth-order valence-electron chi connectivity index (χ4n) is 10.5. The number of hydrogen-bond acceptors (Lipinski definition) is 16. The molecule has 1 saturated carbocycles. The van der Waals surface area contributed by atoms with Gasteiger partial charge in [0.2, 0.25) is 59.1 Å². The van der Waals surface area contributed by atoms with Crippen molar-refractivity contribution in [3.05, 3.63) is 131 Å². The first-order chi connectivity index (χ1) is 44.3. The minimum absolute atomic E-state index is 0.0304. The van der Waals surface area contributed by atoms with Crippen LogP contribution in [-0.4, -0.2) is 170 Å². The van der Waals surface area contributed by atoms with Crippen molar-refractivity contribution in [2.45, 2.75) is 158 Å². The molecule has 1 aliphatic heterocycles. The van der Waals surface area contributed by atoms with Crippen LogP contribution in [0.5, 0.6) is 11.5 Å². The number of aliphatic carboxylic acids is 2. The number of nitrogens with zero attached hydrogens (tertiary/aromatic N) is 1. The predicted molar refractivity (Wildman–Crippen MR) is 336 cm³/mol. The first kappa shape index (κ1) is 72.1. The molecule has 10 amide bonds. The van der Waals surface area contributed by atoms with E-state index >= 15 is 4.79 Å². The van der Waals surface area contributed by atoms with E-state index in [1.165, 1.54) is 41.3 Å². The van der Waals surface area contributed by atoms with Crippen molar-refractivity contribution < 1.29 is 78.0 Å². The lowest BCUT2D eigenvalue weighted by Gasteiger charge is -2.31. The number of hydrogen-bond donors (Lipinski definition) is 15. The van der Waals surface area contributed by atoms with Gasteiger partial charge in [-0.25, -0.2) is 4.79 Å². The number of benzene rings is 4. The molecule has 500 valence electrons. The summed E-state index contributed by atoms with van der Waals surface area (Å²) in [4.78, 5) is 167. The summed E-state index contributed by atoms with van der Waals surface area (Å²) in [6.45, 7) is 3.75. The van der Waals surface area contributed by atoms with Crippen molar-refractivity contribution in [1.82, 2.24) is 47.4 Å². The normalized spacial score (nSPS) is 16.4. The lowest BCUT2D eigenvalue weighted by Crippen LogP contribution is -2.61. The number of primary amides is 1. The largest absolute Gasteiger partial charge is 0.508 e. The van der Waals surface area contributed by atoms with Crippen LogP contribution >= 0.6 is 0 Å². The molecule has 18 N–H and O–H groups in total. The predicted octanol–water partition coefficient (Wildman–Crippen LogP) is -0.805. The van der Waals surface area contributed by atoms with E-state index < -0.39 is 144 Å². The maximum absolute atomic E-state index is 15.1. The molecule has 10 atom stereocenters. The molecule has 93 heavy (non-hydrogen) atoms. The van der Waals surface area contributed by atoms with Crippen molar-refractivity contribution >= 4 is 71.0 Å². The van der Waals surface area contributed by atoms with Gasteiger partial charge < -0.3 is 85.1 Å². The number of phenolic OH excluding ortho intramolecular Hbond substituents is 2. The second kappa shape index (κ2) is 35.0. The second-order valence-electron chi connectivity index (χ2n) is 23.8. The fourth-order valence-corrected chi connectivity index (χ4v) is 10.5. The number of amides is 10. The third-order valence-electron chi connectivity index (χ3n) is 16.0. The summed E-state index contributed by atoms with van der Waals surface area (Å²) in [6, 6.07) is 13.5. The van der Waals surface area contributed by atoms with Gasteiger partial charge in [0.25, 0.3) is 0 Å². The van der Waals surface area contributed by atoms with Crippen LogP contribution in [-0.2, 0) is 83.2 Å². The van der Waals surface area contributed by atoms with Gasteiger partial charge in [0.1, 0.15) is 65.9 Å². The first-order valence-corrected chi connectivity index (χ1v) is 30.8. The Morgan fingerprint density at radius 2 is 0.903 bits per heavy atom. The molecule has 0 bridgehead atoms. The van der Waals surface area contributed by atoms with Gasteiger partial charge in [0.15, 0.2) is 0 Å². The van der Waals surface area contributed by atoms with Gasteiger partial charge in [-0.15, -0.1) is 0 Å². The van der Waals surface area contributed by atoms with Crippen LogP contribution in [0.1, 0.15) is 93.9 Å². The standard InChI is InChI=1S/C65H84N12O16/c1-36(2)55(68)63(90)69-44(15-9-27-66)56(83)70-46(31-39-17-18-39)59(86)75-50(32-40-19-23-42(78)24-20-40)64(91)77-28-10-16-52(77)62(89)74-47(30-38-13-7-4-8-14-38)58(85)71-45(29-37-11-5-3-6-12-37)57(84)72-48(34-53(67)80)60(87)73-49(35-54(81)82)61(88)76-51(65(92)93)33-41-21-25-43(79)26-22-41/h3-8,11-14,19-26,36,39,44-52,55,78-79H,9-10,15-18,27-35,66,68H2,1-2H3,(H2,67,80)(H,69,90)(H,70,83)(H,71,85)(H,72,84)(H,73,87)(H,74,89)(H,75,86)(H,76,88)(H,81,82)(H,92,93)/t44-,45-,46-,47-,48-,49-,50-,51-,52-,55-/m0/s1. The molecule has 1 saturated heterocycles. The van der Waals surface area contributed by atoms with E-state index in [9.17, 15) is 73.2 Å². The van der Waals surface area contributed by atoms with Gasteiger partial charge in [-0.05, 0) is 97.0 Å². The van der Waals surface area contributed by atoms with E-state index in [2.05, 4.69) is 42.5 Å². The smallest absolute Gasteiger partial charge is 0.326 e. The molecule has 6 rings (SSSR count). The molecule has 28 nitrogen and oxygen atoms in total. The van der Waals surface area contributed by atoms with E-state index in [4.69, 9.17) is 17.2 Å². The summed E-state index contributed by atoms with van der Waals surface area (Å²) >= 11 is 0. The molecule has 0 unspecified atom stereocenters. The van der Waals surface area contributed by atoms with E-state index in [0.717, 1.165) is 12.8 Å². The van der Waals surface area contributed by atoms with Gasteiger partial charge in [-0.1, -0.05) is 112 Å². The quantitative estimate of drug-likeness (QED) is 0.0265. The third kappa shape index (κ3) is 23.0. The van der Waals surface area contributed by atoms with Gasteiger partial charge in [-0.2, -0.15) is 0 Å². The number of aromatic hydroxyl groups is 2. The topological polar surface area (TPSA) is 463 Å². The highest BCUT2D eigenvalue weighted by molar-refractivity contribution is 6.00. The highest BCUT2D eigenvalue weighted by atomic mass is 16.4. The Hall–Kier alpha value is -9.96. The van der Waals surface area contributed by atoms with E-state index in [1.54, 1.807) is 86.6 Å². The minimum Gasteiger partial charge on any atom is -0.508 e. The van der Waals surface area contributed by atoms with Crippen molar-refractivity contribution in [2.75, 3.05) is 13.1 Å². The Kier molecular flexibility index (Phi) is 27.2. The van der Waals surface area contributed by atoms with E-state index in [1.807, 2.05) is 0 Å². The molecule has 1 heterocycles. The molecule has 2 fully saturated rings. The van der Waals surface area contributed by atoms with Gasteiger partial charge in [0.05, 0.1) is 18.9 Å². The number of nitrogens with two attached hydrogens (primary N) is 3. The Labute approximate surface area is 537 Å². The maximum atomic E-state index is 15.1. The number of carboxylic acid groups (broad SMARTS) is 2. The zero-order valence-electron chi connectivity index (χ0n) is 51.8. The SMILES string of the molecule is CC(C)[C@H](N)C(=O)N[C@@H](CCCN)C(=O)N[C@@H](CC1CC1)C(=O)N[C@@H](Cc1ccc(O)cc1)C(=O)N1CCC[C@H]1C(=O)N[C@@H](Cc1ccccc1)C(=O)N[C@@H](Cc1ccccc1)C(=O)N[C@@H](CC(N)=O)C(=O)N[C@@H](CC(=O)O)C(=O)N[C@@H](Cc1ccc(O)cc1)C(=O)O. The van der Waals surface area contributed by atoms with Crippen LogP contribution < -0.4 is 59.7 Å². The number of carbonyl (C=O) groups is 12. The Balaban J connectivity index is 1.24. The number of rotatable bonds is 36.